The van der Waals surface area contributed by atoms with E-state index in [0.29, 0.717) is 28.0 Å². The topological polar surface area (TPSA) is 89.9 Å². The average molecular weight is 350 g/mol. The summed E-state index contributed by atoms with van der Waals surface area (Å²) in [6, 6.07) is 13.8. The molecule has 0 aliphatic heterocycles. The predicted molar refractivity (Wildman–Crippen MR) is 94.7 cm³/mol. The Bertz CT molecular complexity index is 1200. The summed E-state index contributed by atoms with van der Waals surface area (Å²) in [5.41, 5.74) is 0.762. The van der Waals surface area contributed by atoms with Crippen LogP contribution in [-0.4, -0.2) is 11.1 Å². The van der Waals surface area contributed by atoms with Crippen molar-refractivity contribution in [3.05, 3.63) is 76.0 Å². The normalized spacial score (nSPS) is 11.1. The molecule has 0 bridgehead atoms. The third kappa shape index (κ3) is 2.61. The second kappa shape index (κ2) is 6.07. The van der Waals surface area contributed by atoms with Crippen LogP contribution in [-0.2, 0) is 6.61 Å². The molecule has 4 aromatic rings. The van der Waals surface area contributed by atoms with Crippen molar-refractivity contribution in [1.82, 2.24) is 0 Å². The lowest BCUT2D eigenvalue weighted by Gasteiger charge is -2.10. The van der Waals surface area contributed by atoms with Crippen LogP contribution in [0, 0.1) is 6.92 Å². The zero-order valence-corrected chi connectivity index (χ0v) is 13.8. The van der Waals surface area contributed by atoms with E-state index in [9.17, 15) is 9.59 Å². The number of hydrogen-bond acceptors (Lipinski definition) is 5. The lowest BCUT2D eigenvalue weighted by atomic mass is 10.0. The maximum Gasteiger partial charge on any atom is 0.371 e. The van der Waals surface area contributed by atoms with Crippen molar-refractivity contribution in [3.8, 4) is 5.75 Å². The molecule has 4 rings (SSSR count). The minimum absolute atomic E-state index is 0.0669. The van der Waals surface area contributed by atoms with Crippen LogP contribution in [0.15, 0.2) is 62.2 Å². The smallest absolute Gasteiger partial charge is 0.371 e. The van der Waals surface area contributed by atoms with E-state index in [-0.39, 0.29) is 12.4 Å². The van der Waals surface area contributed by atoms with Crippen LogP contribution in [0.2, 0.25) is 0 Å². The average Bonchev–Trinajstić information content (AvgIpc) is 3.11. The minimum atomic E-state index is -1.13. The summed E-state index contributed by atoms with van der Waals surface area (Å²) < 4.78 is 16.4. The molecule has 0 aliphatic rings. The molecule has 6 nitrogen and oxygen atoms in total. The van der Waals surface area contributed by atoms with Crippen LogP contribution >= 0.6 is 0 Å². The van der Waals surface area contributed by atoms with Gasteiger partial charge in [0.15, 0.2) is 0 Å². The number of fused-ring (bicyclic) bond motifs is 3. The molecule has 0 aliphatic carbocycles. The van der Waals surface area contributed by atoms with Crippen LogP contribution in [0.3, 0.4) is 0 Å². The number of aromatic carboxylic acids is 1. The molecule has 2 heterocycles. The van der Waals surface area contributed by atoms with Crippen molar-refractivity contribution in [2.24, 2.45) is 0 Å². The van der Waals surface area contributed by atoms with E-state index in [1.165, 1.54) is 6.07 Å². The van der Waals surface area contributed by atoms with E-state index in [1.807, 2.05) is 18.2 Å². The number of benzene rings is 2. The number of furan rings is 1. The van der Waals surface area contributed by atoms with Crippen molar-refractivity contribution in [1.29, 1.82) is 0 Å². The van der Waals surface area contributed by atoms with E-state index >= 15 is 0 Å². The molecule has 0 radical (unpaired) electrons. The standard InChI is InChI=1S/C20H14O6/c1-11-16(24-10-12-6-8-17(25-12)19(21)22)9-7-14-13-4-2-3-5-15(13)20(23)26-18(11)14/h2-9H,10H2,1H3,(H,21,22). The molecule has 130 valence electrons. The Morgan fingerprint density at radius 3 is 2.50 bits per heavy atom. The quantitative estimate of drug-likeness (QED) is 0.440. The van der Waals surface area contributed by atoms with E-state index in [4.69, 9.17) is 18.7 Å². The third-order valence-electron chi connectivity index (χ3n) is 4.23. The summed E-state index contributed by atoms with van der Waals surface area (Å²) in [7, 11) is 0. The largest absolute Gasteiger partial charge is 0.485 e. The van der Waals surface area contributed by atoms with Gasteiger partial charge in [-0.15, -0.1) is 0 Å². The van der Waals surface area contributed by atoms with Gasteiger partial charge in [-0.2, -0.15) is 0 Å². The maximum absolute atomic E-state index is 12.2. The van der Waals surface area contributed by atoms with Crippen molar-refractivity contribution < 1.29 is 23.5 Å². The molecule has 2 aromatic heterocycles. The first-order chi connectivity index (χ1) is 12.5. The molecule has 0 fully saturated rings. The van der Waals surface area contributed by atoms with Gasteiger partial charge in [-0.25, -0.2) is 9.59 Å². The van der Waals surface area contributed by atoms with Gasteiger partial charge in [0.05, 0.1) is 5.39 Å². The Balaban J connectivity index is 1.72. The SMILES string of the molecule is Cc1c(OCc2ccc(C(=O)O)o2)ccc2c1oc(=O)c1ccccc12. The van der Waals surface area contributed by atoms with Gasteiger partial charge in [0, 0.05) is 10.9 Å². The van der Waals surface area contributed by atoms with Crippen LogP contribution in [0.25, 0.3) is 21.7 Å². The fraction of sp³-hybridized carbons (Fsp3) is 0.100. The van der Waals surface area contributed by atoms with Gasteiger partial charge < -0.3 is 18.7 Å². The van der Waals surface area contributed by atoms with E-state index in [2.05, 4.69) is 0 Å². The van der Waals surface area contributed by atoms with E-state index in [0.717, 1.165) is 10.8 Å². The highest BCUT2D eigenvalue weighted by Crippen LogP contribution is 2.31. The summed E-state index contributed by atoms with van der Waals surface area (Å²) in [4.78, 5) is 23.1. The van der Waals surface area contributed by atoms with Gasteiger partial charge in [-0.3, -0.25) is 0 Å². The predicted octanol–water partition coefficient (Wildman–Crippen LogP) is 4.12. The molecular formula is C20H14O6. The second-order valence-corrected chi connectivity index (χ2v) is 5.86. The van der Waals surface area contributed by atoms with Gasteiger partial charge in [-0.05, 0) is 42.6 Å². The monoisotopic (exact) mass is 350 g/mol. The van der Waals surface area contributed by atoms with Gasteiger partial charge in [0.2, 0.25) is 5.76 Å². The molecule has 0 atom stereocenters. The first kappa shape index (κ1) is 16.0. The summed E-state index contributed by atoms with van der Waals surface area (Å²) in [6.07, 6.45) is 0. The Morgan fingerprint density at radius 1 is 1.00 bits per heavy atom. The first-order valence-corrected chi connectivity index (χ1v) is 7.94. The van der Waals surface area contributed by atoms with Crippen molar-refractivity contribution in [2.45, 2.75) is 13.5 Å². The zero-order chi connectivity index (χ0) is 18.3. The number of carboxylic acids is 1. The molecule has 2 aromatic carbocycles. The van der Waals surface area contributed by atoms with Gasteiger partial charge in [0.1, 0.15) is 23.7 Å². The Labute approximate surface area is 147 Å². The van der Waals surface area contributed by atoms with Crippen molar-refractivity contribution in [2.75, 3.05) is 0 Å². The van der Waals surface area contributed by atoms with Gasteiger partial charge in [0.25, 0.3) is 0 Å². The van der Waals surface area contributed by atoms with Crippen molar-refractivity contribution >= 4 is 27.7 Å². The Kier molecular flexibility index (Phi) is 3.73. The van der Waals surface area contributed by atoms with Crippen LogP contribution in [0.4, 0.5) is 0 Å². The molecular weight excluding hydrogens is 336 g/mol. The van der Waals surface area contributed by atoms with Crippen molar-refractivity contribution in [3.63, 3.8) is 0 Å². The molecule has 26 heavy (non-hydrogen) atoms. The fourth-order valence-corrected chi connectivity index (χ4v) is 2.94. The van der Waals surface area contributed by atoms with Crippen LogP contribution in [0.1, 0.15) is 21.9 Å². The first-order valence-electron chi connectivity index (χ1n) is 7.94. The van der Waals surface area contributed by atoms with E-state index < -0.39 is 11.6 Å². The third-order valence-corrected chi connectivity index (χ3v) is 4.23. The molecule has 1 N–H and O–H groups in total. The summed E-state index contributed by atoms with van der Waals surface area (Å²) in [6.45, 7) is 1.87. The van der Waals surface area contributed by atoms with Gasteiger partial charge >= 0.3 is 11.6 Å². The van der Waals surface area contributed by atoms with Crippen LogP contribution < -0.4 is 10.4 Å². The lowest BCUT2D eigenvalue weighted by Crippen LogP contribution is -2.02. The zero-order valence-electron chi connectivity index (χ0n) is 13.8. The highest BCUT2D eigenvalue weighted by molar-refractivity contribution is 6.05. The number of hydrogen-bond donors (Lipinski definition) is 1. The molecule has 0 saturated carbocycles. The summed E-state index contributed by atoms with van der Waals surface area (Å²) in [5, 5.41) is 11.1. The molecule has 6 heteroatoms. The molecule has 0 unspecified atom stereocenters. The number of ether oxygens (including phenoxy) is 1. The van der Waals surface area contributed by atoms with E-state index in [1.54, 1.807) is 31.2 Å². The number of rotatable bonds is 4. The summed E-state index contributed by atoms with van der Waals surface area (Å²) >= 11 is 0. The van der Waals surface area contributed by atoms with Gasteiger partial charge in [-0.1, -0.05) is 18.2 Å². The summed E-state index contributed by atoms with van der Waals surface area (Å²) in [5.74, 6) is -0.353. The maximum atomic E-state index is 12.2. The molecule has 0 saturated heterocycles. The minimum Gasteiger partial charge on any atom is -0.485 e. The number of carbonyl (C=O) groups is 1. The fourth-order valence-electron chi connectivity index (χ4n) is 2.94. The number of carboxylic acid groups (broad SMARTS) is 1. The Hall–Kier alpha value is -3.54. The molecule has 0 amide bonds. The number of aryl methyl sites for hydroxylation is 1. The highest BCUT2D eigenvalue weighted by Gasteiger charge is 2.14. The highest BCUT2D eigenvalue weighted by atomic mass is 16.5. The Morgan fingerprint density at radius 2 is 1.77 bits per heavy atom. The lowest BCUT2D eigenvalue weighted by molar-refractivity contribution is 0.0658. The second-order valence-electron chi connectivity index (χ2n) is 5.86. The van der Waals surface area contributed by atoms with Crippen LogP contribution in [0.5, 0.6) is 5.75 Å². The molecule has 0 spiro atoms.